The molecule has 4 rings (SSSR count). The minimum absolute atomic E-state index is 0.250. The van der Waals surface area contributed by atoms with Gasteiger partial charge in [-0.3, -0.25) is 0 Å². The number of halogens is 6. The van der Waals surface area contributed by atoms with Gasteiger partial charge in [-0.25, -0.2) is 0 Å². The summed E-state index contributed by atoms with van der Waals surface area (Å²) in [5.41, 5.74) is 0.0251. The number of rotatable bonds is 4. The molecular formula is C20H10F5IN2OS. The normalized spacial score (nSPS) is 17.2. The molecule has 1 atom stereocenters. The van der Waals surface area contributed by atoms with E-state index in [1.807, 2.05) is 0 Å². The second kappa shape index (κ2) is 8.42. The Morgan fingerprint density at radius 2 is 1.67 bits per heavy atom. The van der Waals surface area contributed by atoms with Crippen LogP contribution in [-0.2, 0) is 0 Å². The fourth-order valence-electron chi connectivity index (χ4n) is 2.69. The molecule has 0 amide bonds. The molecule has 10 heteroatoms. The van der Waals surface area contributed by atoms with Gasteiger partial charge in [0.25, 0.3) is 0 Å². The molecule has 0 N–H and O–H groups in total. The molecule has 0 fully saturated rings. The van der Waals surface area contributed by atoms with E-state index in [2.05, 4.69) is 8.19 Å². The standard InChI is InChI=1S/C20H10F5IN2OS/c21-12-7-15(24)17(16(25)8-12)18(29)26-19(11-2-1-5-27-9-11)30-20(28-26)10-3-4-13(22)14(23)6-10/h1-9,19H. The van der Waals surface area contributed by atoms with E-state index in [1.54, 1.807) is 12.1 Å². The summed E-state index contributed by atoms with van der Waals surface area (Å²) in [6.45, 7) is 0. The Morgan fingerprint density at radius 3 is 2.30 bits per heavy atom. The summed E-state index contributed by atoms with van der Waals surface area (Å²) < 4.78 is 71.7. The Balaban J connectivity index is 1.79. The molecule has 3 aromatic rings. The first kappa shape index (κ1) is 20.9. The van der Waals surface area contributed by atoms with Crippen molar-refractivity contribution in [3.63, 3.8) is 0 Å². The van der Waals surface area contributed by atoms with Crippen molar-refractivity contribution in [2.45, 2.75) is 3.26 Å². The third kappa shape index (κ3) is 3.97. The fraction of sp³-hybridized carbons (Fsp3) is 0.0500. The number of hydrogen-bond acceptors (Lipinski definition) is 4. The molecule has 2 heterocycles. The summed E-state index contributed by atoms with van der Waals surface area (Å²) in [5.74, 6) is -5.86. The van der Waals surface area contributed by atoms with Crippen molar-refractivity contribution in [3.8, 4) is 0 Å². The number of carbonyl (C=O) groups excluding carboxylic acids is 1. The van der Waals surface area contributed by atoms with Gasteiger partial charge in [0.2, 0.25) is 0 Å². The summed E-state index contributed by atoms with van der Waals surface area (Å²) in [5, 5.41) is 0.268. The van der Waals surface area contributed by atoms with Gasteiger partial charge in [0.1, 0.15) is 0 Å². The van der Waals surface area contributed by atoms with Crippen molar-refractivity contribution in [1.82, 2.24) is 4.98 Å². The molecule has 0 radical (unpaired) electrons. The molecule has 1 unspecified atom stereocenters. The van der Waals surface area contributed by atoms with Gasteiger partial charge in [-0.15, -0.1) is 0 Å². The zero-order chi connectivity index (χ0) is 21.4. The van der Waals surface area contributed by atoms with Gasteiger partial charge >= 0.3 is 180 Å². The van der Waals surface area contributed by atoms with Crippen LogP contribution in [0.25, 0.3) is 0 Å². The first-order chi connectivity index (χ1) is 14.3. The minimum atomic E-state index is -3.24. The molecule has 3 nitrogen and oxygen atoms in total. The number of pyridine rings is 1. The van der Waals surface area contributed by atoms with Crippen LogP contribution in [0.2, 0.25) is 0 Å². The number of alkyl halides is 1. The van der Waals surface area contributed by atoms with Crippen molar-refractivity contribution in [2.24, 2.45) is 3.21 Å². The van der Waals surface area contributed by atoms with E-state index in [0.717, 1.165) is 23.9 Å². The number of aromatic nitrogens is 1. The van der Waals surface area contributed by atoms with Gasteiger partial charge in [0.15, 0.2) is 0 Å². The van der Waals surface area contributed by atoms with Crippen molar-refractivity contribution < 1.29 is 26.7 Å². The molecule has 1 aliphatic rings. The van der Waals surface area contributed by atoms with Crippen LogP contribution >= 0.6 is 31.9 Å². The fourth-order valence-corrected chi connectivity index (χ4v) is 10.5. The van der Waals surface area contributed by atoms with Crippen molar-refractivity contribution in [2.75, 3.05) is 0 Å². The van der Waals surface area contributed by atoms with E-state index >= 15 is 0 Å². The van der Waals surface area contributed by atoms with Crippen LogP contribution in [0.15, 0.2) is 58.1 Å². The van der Waals surface area contributed by atoms with Gasteiger partial charge in [-0.05, 0) is 0 Å². The topological polar surface area (TPSA) is 42.3 Å². The SMILES string of the molecule is O=C(c1c(F)cc(F)cc1F)I1N=C(c2ccc(F)c(F)c2)SC1c1cccnc1. The van der Waals surface area contributed by atoms with E-state index in [1.165, 1.54) is 18.5 Å². The van der Waals surface area contributed by atoms with E-state index in [9.17, 15) is 26.7 Å². The van der Waals surface area contributed by atoms with E-state index in [0.29, 0.717) is 17.7 Å². The van der Waals surface area contributed by atoms with E-state index < -0.39 is 61.8 Å². The van der Waals surface area contributed by atoms with Crippen LogP contribution in [0.1, 0.15) is 24.7 Å². The number of hydrogen-bond donors (Lipinski definition) is 0. The van der Waals surface area contributed by atoms with Gasteiger partial charge in [-0.2, -0.15) is 0 Å². The summed E-state index contributed by atoms with van der Waals surface area (Å²) in [4.78, 5) is 17.1. The van der Waals surface area contributed by atoms with Crippen molar-refractivity contribution in [3.05, 3.63) is 101 Å². The van der Waals surface area contributed by atoms with Crippen molar-refractivity contribution in [1.29, 1.82) is 0 Å². The van der Waals surface area contributed by atoms with E-state index in [-0.39, 0.29) is 10.6 Å². The Labute approximate surface area is 179 Å². The third-order valence-electron chi connectivity index (χ3n) is 4.06. The quantitative estimate of drug-likeness (QED) is 0.168. The zero-order valence-corrected chi connectivity index (χ0v) is 17.7. The van der Waals surface area contributed by atoms with E-state index in [4.69, 9.17) is 0 Å². The Bertz CT molecular complexity index is 1150. The summed E-state index contributed by atoms with van der Waals surface area (Å²) in [6, 6.07) is 7.42. The average molecular weight is 548 g/mol. The molecule has 0 aliphatic carbocycles. The Hall–Kier alpha value is -2.34. The predicted molar refractivity (Wildman–Crippen MR) is 112 cm³/mol. The second-order valence-electron chi connectivity index (χ2n) is 6.05. The monoisotopic (exact) mass is 548 g/mol. The first-order valence-electron chi connectivity index (χ1n) is 8.33. The molecule has 0 bridgehead atoms. The summed E-state index contributed by atoms with van der Waals surface area (Å²) in [6.07, 6.45) is 3.04. The molecule has 1 aromatic heterocycles. The van der Waals surface area contributed by atoms with Crippen LogP contribution in [0.4, 0.5) is 22.0 Å². The number of benzene rings is 2. The Kier molecular flexibility index (Phi) is 5.87. The summed E-state index contributed by atoms with van der Waals surface area (Å²) in [7, 11) is 0. The van der Waals surface area contributed by atoms with Gasteiger partial charge in [0, 0.05) is 0 Å². The molecular weight excluding hydrogens is 538 g/mol. The molecule has 154 valence electrons. The predicted octanol–water partition coefficient (Wildman–Crippen LogP) is 6.23. The zero-order valence-electron chi connectivity index (χ0n) is 14.8. The second-order valence-corrected chi connectivity index (χ2v) is 12.4. The molecule has 0 saturated heterocycles. The number of nitrogens with zero attached hydrogens (tertiary/aromatic N) is 2. The number of carbonyl (C=O) groups is 1. The third-order valence-corrected chi connectivity index (χ3v) is 11.7. The molecule has 30 heavy (non-hydrogen) atoms. The Morgan fingerprint density at radius 1 is 0.933 bits per heavy atom. The number of thioether (sulfide) groups is 1. The van der Waals surface area contributed by atoms with Crippen LogP contribution in [0, 0.1) is 29.1 Å². The van der Waals surface area contributed by atoms with Crippen LogP contribution in [0.5, 0.6) is 0 Å². The van der Waals surface area contributed by atoms with Crippen LogP contribution < -0.4 is 0 Å². The molecule has 0 saturated carbocycles. The van der Waals surface area contributed by atoms with Crippen molar-refractivity contribution >= 4 is 40.7 Å². The van der Waals surface area contributed by atoms with Gasteiger partial charge in [0.05, 0.1) is 0 Å². The van der Waals surface area contributed by atoms with Gasteiger partial charge < -0.3 is 0 Å². The molecule has 1 aliphatic heterocycles. The van der Waals surface area contributed by atoms with Crippen LogP contribution in [0.3, 0.4) is 0 Å². The molecule has 2 aromatic carbocycles. The first-order valence-corrected chi connectivity index (χ1v) is 12.5. The van der Waals surface area contributed by atoms with Gasteiger partial charge in [-0.1, -0.05) is 0 Å². The maximum atomic E-state index is 14.2. The molecule has 0 spiro atoms. The van der Waals surface area contributed by atoms with Crippen LogP contribution in [-0.4, -0.2) is 13.8 Å². The average Bonchev–Trinajstić information content (AvgIpc) is 3.15. The maximum absolute atomic E-state index is 14.2. The summed E-state index contributed by atoms with van der Waals surface area (Å²) >= 11 is -2.11.